The third-order valence-corrected chi connectivity index (χ3v) is 3.53. The number of rotatable bonds is 7. The number of oxime groups is 1. The molecule has 114 valence electrons. The molecule has 1 aromatic rings. The topological polar surface area (TPSA) is 45.1 Å². The summed E-state index contributed by atoms with van der Waals surface area (Å²) in [5, 5.41) is 14.4. The Hall–Kier alpha value is -1.36. The molecule has 1 N–H and O–H groups in total. The first-order valence-corrected chi connectivity index (χ1v) is 7.46. The van der Waals surface area contributed by atoms with E-state index < -0.39 is 0 Å². The summed E-state index contributed by atoms with van der Waals surface area (Å²) < 4.78 is 0. The van der Waals surface area contributed by atoms with Crippen molar-refractivity contribution in [3.8, 4) is 0 Å². The molecular weight excluding hydrogens is 288 g/mol. The highest BCUT2D eigenvalue weighted by atomic mass is 35.5. The Kier molecular flexibility index (Phi) is 5.79. The van der Waals surface area contributed by atoms with Gasteiger partial charge in [0.2, 0.25) is 0 Å². The lowest BCUT2D eigenvalue weighted by Crippen LogP contribution is -2.37. The van der Waals surface area contributed by atoms with E-state index in [1.54, 1.807) is 6.92 Å². The molecule has 0 bridgehead atoms. The fourth-order valence-electron chi connectivity index (χ4n) is 2.41. The summed E-state index contributed by atoms with van der Waals surface area (Å²) >= 11 is 5.89. The number of aliphatic hydroxyl groups is 1. The van der Waals surface area contributed by atoms with E-state index in [0.717, 1.165) is 30.8 Å². The first kappa shape index (κ1) is 16.0. The first-order chi connectivity index (χ1) is 10.1. The number of hydrogen-bond donors (Lipinski definition) is 1. The van der Waals surface area contributed by atoms with E-state index in [9.17, 15) is 5.11 Å². The van der Waals surface area contributed by atoms with E-state index in [1.807, 2.05) is 30.3 Å². The third-order valence-electron chi connectivity index (χ3n) is 3.28. The Balaban J connectivity index is 1.91. The summed E-state index contributed by atoms with van der Waals surface area (Å²) in [6.07, 6.45) is 2.23. The Morgan fingerprint density at radius 3 is 2.86 bits per heavy atom. The molecule has 0 saturated heterocycles. The van der Waals surface area contributed by atoms with Crippen molar-refractivity contribution in [1.29, 1.82) is 0 Å². The van der Waals surface area contributed by atoms with E-state index in [1.165, 1.54) is 0 Å². The summed E-state index contributed by atoms with van der Waals surface area (Å²) in [5.41, 5.74) is 1.97. The average Bonchev–Trinajstić information content (AvgIpc) is 2.87. The van der Waals surface area contributed by atoms with Crippen LogP contribution in [0, 0.1) is 0 Å². The maximum Gasteiger partial charge on any atom is 0.145 e. The Morgan fingerprint density at radius 1 is 1.52 bits per heavy atom. The number of hydrogen-bond acceptors (Lipinski definition) is 4. The van der Waals surface area contributed by atoms with Crippen LogP contribution >= 0.6 is 11.6 Å². The van der Waals surface area contributed by atoms with Crippen LogP contribution in [0.15, 0.2) is 42.1 Å². The van der Waals surface area contributed by atoms with Gasteiger partial charge in [-0.2, -0.15) is 0 Å². The van der Waals surface area contributed by atoms with E-state index in [2.05, 4.69) is 16.6 Å². The van der Waals surface area contributed by atoms with Crippen LogP contribution in [0.1, 0.15) is 18.9 Å². The zero-order chi connectivity index (χ0) is 15.2. The molecule has 0 unspecified atom stereocenters. The van der Waals surface area contributed by atoms with Crippen LogP contribution in [0.4, 0.5) is 0 Å². The highest BCUT2D eigenvalue weighted by Gasteiger charge is 2.24. The number of aliphatic hydroxyl groups excluding tert-OH is 1. The van der Waals surface area contributed by atoms with Crippen molar-refractivity contribution in [3.05, 3.63) is 47.5 Å². The molecule has 0 amide bonds. The molecular formula is C16H21ClN2O2. The van der Waals surface area contributed by atoms with Gasteiger partial charge in [-0.25, -0.2) is 0 Å². The van der Waals surface area contributed by atoms with E-state index in [4.69, 9.17) is 16.4 Å². The quantitative estimate of drug-likeness (QED) is 0.788. The van der Waals surface area contributed by atoms with Gasteiger partial charge in [-0.1, -0.05) is 35.0 Å². The van der Waals surface area contributed by atoms with Gasteiger partial charge in [-0.05, 0) is 24.6 Å². The Labute approximate surface area is 130 Å². The normalized spacial score (nSPS) is 19.2. The van der Waals surface area contributed by atoms with E-state index in [-0.39, 0.29) is 12.2 Å². The van der Waals surface area contributed by atoms with Crippen molar-refractivity contribution in [1.82, 2.24) is 4.90 Å². The second kappa shape index (κ2) is 7.59. The summed E-state index contributed by atoms with van der Waals surface area (Å²) in [5.74, 6) is 0. The molecule has 21 heavy (non-hydrogen) atoms. The second-order valence-electron chi connectivity index (χ2n) is 5.33. The summed E-state index contributed by atoms with van der Waals surface area (Å²) in [6.45, 7) is 7.57. The van der Waals surface area contributed by atoms with Gasteiger partial charge in [0.15, 0.2) is 0 Å². The minimum Gasteiger partial charge on any atom is -0.392 e. The molecule has 1 aliphatic rings. The van der Waals surface area contributed by atoms with Crippen LogP contribution in [0.3, 0.4) is 0 Å². The van der Waals surface area contributed by atoms with Crippen molar-refractivity contribution in [2.75, 3.05) is 19.6 Å². The third kappa shape index (κ3) is 4.84. The fourth-order valence-corrected chi connectivity index (χ4v) is 2.53. The molecule has 1 aliphatic heterocycles. The van der Waals surface area contributed by atoms with E-state index in [0.29, 0.717) is 11.6 Å². The van der Waals surface area contributed by atoms with Crippen LogP contribution in [-0.4, -0.2) is 47.6 Å². The predicted octanol–water partition coefficient (Wildman–Crippen LogP) is 2.70. The molecule has 4 nitrogen and oxygen atoms in total. The van der Waals surface area contributed by atoms with Gasteiger partial charge in [0, 0.05) is 31.1 Å². The lowest BCUT2D eigenvalue weighted by Gasteiger charge is -2.24. The fraction of sp³-hybridized carbons (Fsp3) is 0.438. The smallest absolute Gasteiger partial charge is 0.145 e. The second-order valence-corrected chi connectivity index (χ2v) is 5.77. The Bertz CT molecular complexity index is 500. The highest BCUT2D eigenvalue weighted by molar-refractivity contribution is 6.30. The monoisotopic (exact) mass is 308 g/mol. The van der Waals surface area contributed by atoms with Crippen molar-refractivity contribution in [2.24, 2.45) is 5.16 Å². The van der Waals surface area contributed by atoms with Crippen molar-refractivity contribution in [3.63, 3.8) is 0 Å². The maximum absolute atomic E-state index is 9.52. The number of benzene rings is 1. The van der Waals surface area contributed by atoms with Gasteiger partial charge in [0.25, 0.3) is 0 Å². The van der Waals surface area contributed by atoms with Gasteiger partial charge < -0.3 is 9.94 Å². The van der Waals surface area contributed by atoms with Gasteiger partial charge in [0.05, 0.1) is 11.8 Å². The maximum atomic E-state index is 9.52. The molecule has 0 saturated carbocycles. The number of halogens is 1. The largest absolute Gasteiger partial charge is 0.392 e. The molecule has 1 aromatic carbocycles. The minimum atomic E-state index is -0.372. The van der Waals surface area contributed by atoms with Crippen molar-refractivity contribution in [2.45, 2.75) is 25.6 Å². The van der Waals surface area contributed by atoms with Gasteiger partial charge in [0.1, 0.15) is 6.10 Å². The molecule has 0 aliphatic carbocycles. The highest BCUT2D eigenvalue weighted by Crippen LogP contribution is 2.19. The van der Waals surface area contributed by atoms with Crippen LogP contribution in [-0.2, 0) is 4.84 Å². The van der Waals surface area contributed by atoms with Crippen LogP contribution in [0.2, 0.25) is 5.02 Å². The van der Waals surface area contributed by atoms with Crippen molar-refractivity contribution < 1.29 is 9.94 Å². The standard InChI is InChI=1S/C16H21ClN2O2/c1-3-8-19(10-12(2)20)11-15-9-16(18-21-15)13-4-6-14(17)7-5-13/h3-7,12,15,20H,1,8-11H2,2H3/t12-,15-/m1/s1. The predicted molar refractivity (Wildman–Crippen MR) is 85.8 cm³/mol. The average molecular weight is 309 g/mol. The molecule has 2 rings (SSSR count). The molecule has 0 aromatic heterocycles. The molecule has 0 fully saturated rings. The zero-order valence-corrected chi connectivity index (χ0v) is 13.0. The Morgan fingerprint density at radius 2 is 2.24 bits per heavy atom. The molecule has 0 radical (unpaired) electrons. The molecule has 0 spiro atoms. The SMILES string of the molecule is C=CCN(C[C@H]1CC(c2ccc(Cl)cc2)=NO1)C[C@@H](C)O. The van der Waals surface area contributed by atoms with E-state index >= 15 is 0 Å². The van der Waals surface area contributed by atoms with Crippen LogP contribution in [0.25, 0.3) is 0 Å². The number of nitrogens with zero attached hydrogens (tertiary/aromatic N) is 2. The first-order valence-electron chi connectivity index (χ1n) is 7.08. The minimum absolute atomic E-state index is 0.00868. The molecule has 2 atom stereocenters. The van der Waals surface area contributed by atoms with Gasteiger partial charge in [-0.15, -0.1) is 6.58 Å². The van der Waals surface area contributed by atoms with Crippen molar-refractivity contribution >= 4 is 17.3 Å². The van der Waals surface area contributed by atoms with Gasteiger partial charge >= 0.3 is 0 Å². The summed E-state index contributed by atoms with van der Waals surface area (Å²) in [4.78, 5) is 7.62. The van der Waals surface area contributed by atoms with Crippen LogP contribution < -0.4 is 0 Å². The molecule has 1 heterocycles. The zero-order valence-electron chi connectivity index (χ0n) is 12.2. The summed E-state index contributed by atoms with van der Waals surface area (Å²) in [7, 11) is 0. The molecule has 5 heteroatoms. The lowest BCUT2D eigenvalue weighted by molar-refractivity contribution is 0.0420. The summed E-state index contributed by atoms with van der Waals surface area (Å²) in [6, 6.07) is 7.60. The van der Waals surface area contributed by atoms with Gasteiger partial charge in [-0.3, -0.25) is 4.90 Å². The van der Waals surface area contributed by atoms with Crippen LogP contribution in [0.5, 0.6) is 0 Å². The lowest BCUT2D eigenvalue weighted by atomic mass is 10.0.